The molecule has 0 unspecified atom stereocenters. The quantitative estimate of drug-likeness (QED) is 0.0300. The number of allylic oxidation sites excluding steroid dienone is 1. The van der Waals surface area contributed by atoms with Gasteiger partial charge in [0.05, 0.1) is 22.3 Å². The number of ether oxygens (including phenoxy) is 1. The van der Waals surface area contributed by atoms with Crippen molar-refractivity contribution >= 4 is 71.3 Å². The fourth-order valence-corrected chi connectivity index (χ4v) is 11.5. The number of amides is 1. The minimum Gasteiger partial charge on any atom is -0.481 e. The van der Waals surface area contributed by atoms with Gasteiger partial charge in [0.15, 0.2) is 0 Å². The van der Waals surface area contributed by atoms with Crippen LogP contribution in [0.1, 0.15) is 94.0 Å². The zero-order valence-corrected chi connectivity index (χ0v) is 44.6. The number of rotatable bonds is 25. The highest BCUT2D eigenvalue weighted by molar-refractivity contribution is 7.92. The molecule has 3 heterocycles. The van der Waals surface area contributed by atoms with Crippen molar-refractivity contribution < 1.29 is 49.4 Å². The molecule has 16 nitrogen and oxygen atoms in total. The number of nitrogens with one attached hydrogen (secondary N) is 5. The van der Waals surface area contributed by atoms with Crippen LogP contribution in [-0.2, 0) is 24.7 Å². The van der Waals surface area contributed by atoms with E-state index in [1.807, 2.05) is 16.9 Å². The van der Waals surface area contributed by atoms with Gasteiger partial charge >= 0.3 is 11.5 Å². The van der Waals surface area contributed by atoms with Gasteiger partial charge in [-0.15, -0.1) is 0 Å². The summed E-state index contributed by atoms with van der Waals surface area (Å²) in [6.07, 6.45) is 11.0. The van der Waals surface area contributed by atoms with Gasteiger partial charge in [0.1, 0.15) is 22.0 Å². The van der Waals surface area contributed by atoms with Crippen LogP contribution in [0.3, 0.4) is 0 Å². The Labute approximate surface area is 441 Å². The second-order valence-electron chi connectivity index (χ2n) is 19.8. The molecular weight excluding hydrogens is 1030 g/mol. The Balaban J connectivity index is 1.00. The van der Waals surface area contributed by atoms with Crippen LogP contribution >= 0.6 is 11.6 Å². The molecule has 5 aromatic rings. The summed E-state index contributed by atoms with van der Waals surface area (Å²) in [7, 11) is -11.1. The summed E-state index contributed by atoms with van der Waals surface area (Å²) >= 11 is 6.19. The van der Waals surface area contributed by atoms with Gasteiger partial charge in [-0.25, -0.2) is 26.5 Å². The largest absolute Gasteiger partial charge is 0.501 e. The maximum absolute atomic E-state index is 14.1. The van der Waals surface area contributed by atoms with Gasteiger partial charge in [-0.05, 0) is 142 Å². The number of aromatic amines is 1. The molecule has 406 valence electrons. The second kappa shape index (κ2) is 25.4. The van der Waals surface area contributed by atoms with Crippen molar-refractivity contribution in [3.05, 3.63) is 107 Å². The van der Waals surface area contributed by atoms with Crippen LogP contribution in [0.4, 0.5) is 24.5 Å². The topological polar surface area (TPSA) is 215 Å². The van der Waals surface area contributed by atoms with E-state index < -0.39 is 52.7 Å². The van der Waals surface area contributed by atoms with E-state index >= 15 is 0 Å². The van der Waals surface area contributed by atoms with E-state index in [0.29, 0.717) is 66.8 Å². The molecule has 0 atom stereocenters. The molecule has 7 rings (SSSR count). The third-order valence-electron chi connectivity index (χ3n) is 13.5. The lowest BCUT2D eigenvalue weighted by Crippen LogP contribution is -2.32. The molecule has 6 N–H and O–H groups in total. The molecule has 0 bridgehead atoms. The summed E-state index contributed by atoms with van der Waals surface area (Å²) < 4.78 is 104. The van der Waals surface area contributed by atoms with Crippen molar-refractivity contribution in [1.82, 2.24) is 29.8 Å². The summed E-state index contributed by atoms with van der Waals surface area (Å²) in [5.74, 6) is -1.83. The van der Waals surface area contributed by atoms with Gasteiger partial charge in [0, 0.05) is 74.0 Å². The fraction of sp³-hybridized carbons (Fsp3) is 0.453. The average molecular weight is 1100 g/mol. The van der Waals surface area contributed by atoms with Gasteiger partial charge in [-0.2, -0.15) is 13.2 Å². The van der Waals surface area contributed by atoms with Crippen LogP contribution in [0.25, 0.3) is 16.6 Å². The van der Waals surface area contributed by atoms with Crippen molar-refractivity contribution in [2.75, 3.05) is 76.1 Å². The summed E-state index contributed by atoms with van der Waals surface area (Å²) in [6.45, 7) is 11.1. The first kappa shape index (κ1) is 57.0. The van der Waals surface area contributed by atoms with Crippen LogP contribution in [0.15, 0.2) is 101 Å². The van der Waals surface area contributed by atoms with E-state index in [0.717, 1.165) is 95.4 Å². The molecule has 0 spiro atoms. The SMILES string of the molecule is CC1(C)CCC(CNCCNc2ccc(C(=O)NS(=O)(=O)c3ccc(NCCCN4CCCN(CCCCCCC(=O)O)CC4)c(S(=O)(=O)C(F)(F)F)c3)c(Oc3cnc4[nH]ccc4c3)c2)=C(c2ccc(Cl)cc2)C1. The third-order valence-corrected chi connectivity index (χ3v) is 16.6. The number of halogens is 4. The molecule has 0 radical (unpaired) electrons. The van der Waals surface area contributed by atoms with Gasteiger partial charge in [-0.1, -0.05) is 56.0 Å². The number of H-pyrrole nitrogens is 1. The van der Waals surface area contributed by atoms with Crippen LogP contribution in [0.2, 0.25) is 5.02 Å². The Hall–Kier alpha value is -5.71. The first-order valence-corrected chi connectivity index (χ1v) is 28.6. The number of alkyl halides is 3. The Morgan fingerprint density at radius 1 is 0.853 bits per heavy atom. The van der Waals surface area contributed by atoms with Crippen LogP contribution in [0, 0.1) is 5.41 Å². The highest BCUT2D eigenvalue weighted by atomic mass is 35.5. The van der Waals surface area contributed by atoms with Crippen molar-refractivity contribution in [2.45, 2.75) is 93.4 Å². The van der Waals surface area contributed by atoms with E-state index in [9.17, 15) is 39.6 Å². The molecule has 2 aromatic heterocycles. The summed E-state index contributed by atoms with van der Waals surface area (Å²) in [6, 6.07) is 18.0. The molecule has 0 saturated carbocycles. The lowest BCUT2D eigenvalue weighted by molar-refractivity contribution is -0.137. The average Bonchev–Trinajstić information content (AvgIpc) is 3.71. The first-order valence-electron chi connectivity index (χ1n) is 25.3. The fourth-order valence-electron chi connectivity index (χ4n) is 9.39. The maximum Gasteiger partial charge on any atom is 0.501 e. The highest BCUT2D eigenvalue weighted by Gasteiger charge is 2.48. The number of carbonyl (C=O) groups excluding carboxylic acids is 1. The van der Waals surface area contributed by atoms with E-state index in [1.54, 1.807) is 24.4 Å². The predicted molar refractivity (Wildman–Crippen MR) is 286 cm³/mol. The van der Waals surface area contributed by atoms with Crippen LogP contribution < -0.4 is 25.4 Å². The van der Waals surface area contributed by atoms with Crippen LogP contribution in [-0.4, -0.2) is 125 Å². The summed E-state index contributed by atoms with van der Waals surface area (Å²) in [4.78, 5) is 34.4. The number of aliphatic carboxylic acids is 1. The predicted octanol–water partition coefficient (Wildman–Crippen LogP) is 9.93. The number of unbranched alkanes of at least 4 members (excludes halogenated alkanes) is 3. The van der Waals surface area contributed by atoms with Crippen molar-refractivity contribution in [1.29, 1.82) is 0 Å². The second-order valence-corrected chi connectivity index (χ2v) is 23.9. The molecule has 1 saturated heterocycles. The normalized spacial score (nSPS) is 15.9. The Morgan fingerprint density at radius 3 is 2.32 bits per heavy atom. The minimum atomic E-state index is -6.08. The number of benzene rings is 3. The number of pyridine rings is 1. The molecule has 22 heteroatoms. The number of fused-ring (bicyclic) bond motifs is 1. The number of carbonyl (C=O) groups is 2. The van der Waals surface area contributed by atoms with E-state index in [4.69, 9.17) is 21.4 Å². The Kier molecular flexibility index (Phi) is 19.3. The third kappa shape index (κ3) is 15.9. The van der Waals surface area contributed by atoms with Gasteiger partial charge in [0.2, 0.25) is 0 Å². The zero-order valence-electron chi connectivity index (χ0n) is 42.2. The summed E-state index contributed by atoms with van der Waals surface area (Å²) in [5, 5.41) is 19.8. The standard InChI is InChI=1S/C53H66ClF3N8O8S2/c1-52(2)20-18-39(45(34-52)37-10-12-40(54)13-11-37)35-58-23-24-59-41-14-16-44(47(32-41)73-42-31-38-19-22-61-50(38)62-36-42)51(68)63-75(71,72)43-15-17-46(48(33-43)74(69,70)53(55,56)57)60-21-7-26-65-28-8-27-64(29-30-65)25-6-4-3-5-9-49(66)67/h10-17,19,22,31-33,36,58-60H,3-9,18,20-21,23-30,34-35H2,1-2H3,(H,61,62)(H,63,68)(H,66,67). The molecule has 1 aliphatic heterocycles. The van der Waals surface area contributed by atoms with E-state index in [-0.39, 0.29) is 35.4 Å². The first-order chi connectivity index (χ1) is 35.7. The van der Waals surface area contributed by atoms with E-state index in [2.05, 4.69) is 61.7 Å². The molecule has 3 aromatic carbocycles. The van der Waals surface area contributed by atoms with Crippen molar-refractivity contribution in [3.63, 3.8) is 0 Å². The van der Waals surface area contributed by atoms with Crippen LogP contribution in [0.5, 0.6) is 11.5 Å². The van der Waals surface area contributed by atoms with Crippen molar-refractivity contribution in [3.8, 4) is 11.5 Å². The van der Waals surface area contributed by atoms with Crippen molar-refractivity contribution in [2.24, 2.45) is 5.41 Å². The zero-order chi connectivity index (χ0) is 53.8. The molecule has 75 heavy (non-hydrogen) atoms. The van der Waals surface area contributed by atoms with Gasteiger partial charge in [-0.3, -0.25) is 9.59 Å². The smallest absolute Gasteiger partial charge is 0.481 e. The maximum atomic E-state index is 14.1. The number of sulfonamides is 1. The number of carboxylic acids is 1. The Morgan fingerprint density at radius 2 is 1.59 bits per heavy atom. The summed E-state index contributed by atoms with van der Waals surface area (Å²) in [5.41, 5.74) is -1.40. The van der Waals surface area contributed by atoms with Gasteiger partial charge < -0.3 is 40.6 Å². The number of sulfone groups is 1. The Bertz CT molecular complexity index is 3040. The minimum absolute atomic E-state index is 0.0703. The number of carboxylic acid groups (broad SMARTS) is 1. The molecular formula is C53H66ClF3N8O8S2. The molecule has 1 amide bonds. The molecule has 2 aliphatic rings. The number of hydrogen-bond acceptors (Lipinski definition) is 13. The number of hydrogen-bond donors (Lipinski definition) is 6. The number of anilines is 2. The highest BCUT2D eigenvalue weighted by Crippen LogP contribution is 2.43. The number of aromatic nitrogens is 2. The molecule has 1 fully saturated rings. The number of nitrogens with zero attached hydrogens (tertiary/aromatic N) is 3. The monoisotopic (exact) mass is 1100 g/mol. The van der Waals surface area contributed by atoms with Gasteiger partial charge in [0.25, 0.3) is 25.8 Å². The van der Waals surface area contributed by atoms with E-state index in [1.165, 1.54) is 29.5 Å². The lowest BCUT2D eigenvalue weighted by atomic mass is 9.72. The molecule has 1 aliphatic carbocycles. The lowest BCUT2D eigenvalue weighted by Gasteiger charge is -2.34.